The van der Waals surface area contributed by atoms with E-state index in [1.165, 1.54) is 6.07 Å². The first-order valence-corrected chi connectivity index (χ1v) is 7.24. The van der Waals surface area contributed by atoms with Crippen molar-refractivity contribution in [1.82, 2.24) is 15.1 Å². The molecule has 2 rings (SSSR count). The first kappa shape index (κ1) is 15.9. The monoisotopic (exact) mass is 359 g/mol. The van der Waals surface area contributed by atoms with Gasteiger partial charge in [0, 0.05) is 6.54 Å². The lowest BCUT2D eigenvalue weighted by Gasteiger charge is -2.21. The Kier molecular flexibility index (Phi) is 4.95. The van der Waals surface area contributed by atoms with E-state index >= 15 is 0 Å². The number of nitrogens with zero attached hydrogens (tertiary/aromatic N) is 2. The molecule has 1 aromatic carbocycles. The molecule has 0 aliphatic carbocycles. The van der Waals surface area contributed by atoms with E-state index in [4.69, 9.17) is 4.74 Å². The van der Waals surface area contributed by atoms with E-state index in [2.05, 4.69) is 26.3 Å². The fraction of sp³-hybridized carbons (Fsp3) is 0.357. The molecule has 1 aromatic heterocycles. The predicted octanol–water partition coefficient (Wildman–Crippen LogP) is 3.26. The van der Waals surface area contributed by atoms with Crippen LogP contribution in [0.2, 0.25) is 0 Å². The molecular weight excluding hydrogens is 344 g/mol. The van der Waals surface area contributed by atoms with Crippen molar-refractivity contribution in [2.75, 3.05) is 14.2 Å². The van der Waals surface area contributed by atoms with Crippen LogP contribution in [0.5, 0.6) is 5.75 Å². The smallest absolute Gasteiger partial charge is 0.173 e. The number of aromatic nitrogens is 2. The Bertz CT molecular complexity index is 624. The lowest BCUT2D eigenvalue weighted by atomic mass is 10.0. The molecule has 0 bridgehead atoms. The van der Waals surface area contributed by atoms with Crippen molar-refractivity contribution in [3.05, 3.63) is 45.7 Å². The van der Waals surface area contributed by atoms with Gasteiger partial charge in [-0.05, 0) is 41.5 Å². The van der Waals surface area contributed by atoms with Crippen LogP contribution in [0, 0.1) is 11.6 Å². The van der Waals surface area contributed by atoms with E-state index in [-0.39, 0.29) is 10.5 Å². The number of hydrogen-bond donors (Lipinski definition) is 1. The third kappa shape index (κ3) is 2.80. The van der Waals surface area contributed by atoms with E-state index in [9.17, 15) is 8.78 Å². The first-order valence-electron chi connectivity index (χ1n) is 6.45. The van der Waals surface area contributed by atoms with Gasteiger partial charge < -0.3 is 10.1 Å². The molecule has 1 heterocycles. The summed E-state index contributed by atoms with van der Waals surface area (Å²) in [5.74, 6) is -1.21. The maximum atomic E-state index is 13.8. The normalized spacial score (nSPS) is 12.5. The Hall–Kier alpha value is -1.47. The molecule has 0 amide bonds. The molecule has 1 atom stereocenters. The third-order valence-corrected chi connectivity index (χ3v) is 4.11. The van der Waals surface area contributed by atoms with Crippen LogP contribution in [0.1, 0.15) is 24.2 Å². The molecule has 0 fully saturated rings. The zero-order valence-electron chi connectivity index (χ0n) is 12.0. The summed E-state index contributed by atoms with van der Waals surface area (Å²) in [5.41, 5.74) is 1.33. The molecule has 0 aliphatic rings. The van der Waals surface area contributed by atoms with Crippen molar-refractivity contribution in [2.45, 2.75) is 19.5 Å². The summed E-state index contributed by atoms with van der Waals surface area (Å²) in [6, 6.07) is 2.27. The first-order chi connectivity index (χ1) is 10.0. The summed E-state index contributed by atoms with van der Waals surface area (Å²) in [6.07, 6.45) is 1.61. The van der Waals surface area contributed by atoms with Crippen LogP contribution in [0.3, 0.4) is 0 Å². The van der Waals surface area contributed by atoms with Crippen molar-refractivity contribution in [3.8, 4) is 5.75 Å². The quantitative estimate of drug-likeness (QED) is 0.832. The summed E-state index contributed by atoms with van der Waals surface area (Å²) >= 11 is 3.13. The topological polar surface area (TPSA) is 39.1 Å². The Morgan fingerprint density at radius 3 is 2.71 bits per heavy atom. The predicted molar refractivity (Wildman–Crippen MR) is 79.4 cm³/mol. The highest BCUT2D eigenvalue weighted by atomic mass is 79.9. The standard InChI is InChI=1S/C14H16BrF2N3O/c1-4-20-14(10(21-3)7-19-20)13(18-2)8-5-6-9(16)12(17)11(8)15/h5-7,13,18H,4H2,1-3H3. The molecule has 21 heavy (non-hydrogen) atoms. The van der Waals surface area contributed by atoms with E-state index < -0.39 is 11.6 Å². The summed E-state index contributed by atoms with van der Waals surface area (Å²) in [5, 5.41) is 7.34. The van der Waals surface area contributed by atoms with E-state index in [0.29, 0.717) is 17.9 Å². The lowest BCUT2D eigenvalue weighted by Crippen LogP contribution is -2.23. The molecule has 0 aliphatic heterocycles. The molecule has 0 saturated heterocycles. The summed E-state index contributed by atoms with van der Waals surface area (Å²) in [4.78, 5) is 0. The maximum Gasteiger partial charge on any atom is 0.173 e. The minimum absolute atomic E-state index is 0.0905. The number of rotatable bonds is 5. The van der Waals surface area contributed by atoms with Crippen LogP contribution in [0.15, 0.2) is 22.8 Å². The minimum Gasteiger partial charge on any atom is -0.493 e. The second-order valence-corrected chi connectivity index (χ2v) is 5.19. The van der Waals surface area contributed by atoms with Gasteiger partial charge in [-0.15, -0.1) is 0 Å². The summed E-state index contributed by atoms with van der Waals surface area (Å²) < 4.78 is 34.3. The molecule has 7 heteroatoms. The van der Waals surface area contributed by atoms with Crippen LogP contribution < -0.4 is 10.1 Å². The van der Waals surface area contributed by atoms with Gasteiger partial charge in [-0.1, -0.05) is 6.07 Å². The van der Waals surface area contributed by atoms with E-state index in [0.717, 1.165) is 11.8 Å². The Labute approximate surface area is 130 Å². The Morgan fingerprint density at radius 1 is 1.43 bits per heavy atom. The van der Waals surface area contributed by atoms with Gasteiger partial charge in [-0.3, -0.25) is 4.68 Å². The highest BCUT2D eigenvalue weighted by Crippen LogP contribution is 2.35. The van der Waals surface area contributed by atoms with Gasteiger partial charge in [0.05, 0.1) is 23.8 Å². The van der Waals surface area contributed by atoms with Crippen LogP contribution in [0.4, 0.5) is 8.78 Å². The molecule has 0 radical (unpaired) electrons. The number of methoxy groups -OCH3 is 1. The molecule has 2 aromatic rings. The minimum atomic E-state index is -0.908. The van der Waals surface area contributed by atoms with Gasteiger partial charge in [0.1, 0.15) is 5.69 Å². The van der Waals surface area contributed by atoms with Crippen molar-refractivity contribution in [2.24, 2.45) is 0 Å². The molecule has 0 spiro atoms. The second-order valence-electron chi connectivity index (χ2n) is 4.40. The summed E-state index contributed by atoms with van der Waals surface area (Å²) in [7, 11) is 3.29. The largest absolute Gasteiger partial charge is 0.493 e. The van der Waals surface area contributed by atoms with Crippen molar-refractivity contribution in [1.29, 1.82) is 0 Å². The van der Waals surface area contributed by atoms with Crippen LogP contribution in [-0.4, -0.2) is 23.9 Å². The highest BCUT2D eigenvalue weighted by Gasteiger charge is 2.25. The van der Waals surface area contributed by atoms with Crippen LogP contribution in [0.25, 0.3) is 0 Å². The lowest BCUT2D eigenvalue weighted by molar-refractivity contribution is 0.400. The fourth-order valence-electron chi connectivity index (χ4n) is 2.28. The van der Waals surface area contributed by atoms with Crippen molar-refractivity contribution < 1.29 is 13.5 Å². The number of hydrogen-bond acceptors (Lipinski definition) is 3. The van der Waals surface area contributed by atoms with E-state index in [1.54, 1.807) is 25.0 Å². The number of benzene rings is 1. The molecule has 4 nitrogen and oxygen atoms in total. The SMILES string of the molecule is CCn1ncc(OC)c1C(NC)c1ccc(F)c(F)c1Br. The molecule has 114 valence electrons. The highest BCUT2D eigenvalue weighted by molar-refractivity contribution is 9.10. The number of aryl methyl sites for hydroxylation is 1. The Morgan fingerprint density at radius 2 is 2.14 bits per heavy atom. The maximum absolute atomic E-state index is 13.8. The second kappa shape index (κ2) is 6.53. The third-order valence-electron chi connectivity index (χ3n) is 3.30. The van der Waals surface area contributed by atoms with Crippen LogP contribution >= 0.6 is 15.9 Å². The number of halogens is 3. The fourth-order valence-corrected chi connectivity index (χ4v) is 2.83. The molecule has 0 saturated carbocycles. The van der Waals surface area contributed by atoms with Gasteiger partial charge in [0.15, 0.2) is 17.4 Å². The van der Waals surface area contributed by atoms with E-state index in [1.807, 2.05) is 6.92 Å². The zero-order chi connectivity index (χ0) is 15.6. The van der Waals surface area contributed by atoms with Crippen molar-refractivity contribution >= 4 is 15.9 Å². The zero-order valence-corrected chi connectivity index (χ0v) is 13.5. The Balaban J connectivity index is 2.60. The number of ether oxygens (including phenoxy) is 1. The average molecular weight is 360 g/mol. The molecular formula is C14H16BrF2N3O. The van der Waals surface area contributed by atoms with Gasteiger partial charge in [-0.25, -0.2) is 8.78 Å². The summed E-state index contributed by atoms with van der Waals surface area (Å²) in [6.45, 7) is 2.58. The molecule has 1 N–H and O–H groups in total. The van der Waals surface area contributed by atoms with Gasteiger partial charge in [0.2, 0.25) is 0 Å². The van der Waals surface area contributed by atoms with Crippen LogP contribution in [-0.2, 0) is 6.54 Å². The molecule has 1 unspecified atom stereocenters. The average Bonchev–Trinajstić information content (AvgIpc) is 2.90. The van der Waals surface area contributed by atoms with Crippen molar-refractivity contribution in [3.63, 3.8) is 0 Å². The van der Waals surface area contributed by atoms with Gasteiger partial charge in [0.25, 0.3) is 0 Å². The van der Waals surface area contributed by atoms with Gasteiger partial charge >= 0.3 is 0 Å². The van der Waals surface area contributed by atoms with Gasteiger partial charge in [-0.2, -0.15) is 5.10 Å². The number of nitrogens with one attached hydrogen (secondary N) is 1.